The number of hydrogen-bond donors (Lipinski definition) is 2. The Morgan fingerprint density at radius 3 is 2.50 bits per heavy atom. The van der Waals surface area contributed by atoms with Crippen LogP contribution in [0.2, 0.25) is 0 Å². The third-order valence-electron chi connectivity index (χ3n) is 4.15. The van der Waals surface area contributed by atoms with Gasteiger partial charge in [0.1, 0.15) is 0 Å². The van der Waals surface area contributed by atoms with Gasteiger partial charge in [-0.25, -0.2) is 8.93 Å². The van der Waals surface area contributed by atoms with E-state index in [4.69, 9.17) is 4.74 Å². The Bertz CT molecular complexity index is 316. The number of rotatable bonds is 2. The highest BCUT2D eigenvalue weighted by atomic mass is 32.2. The van der Waals surface area contributed by atoms with Crippen LogP contribution < -0.4 is 10.0 Å². The van der Waals surface area contributed by atoms with E-state index in [0.29, 0.717) is 0 Å². The maximum absolute atomic E-state index is 12.3. The third-order valence-corrected chi connectivity index (χ3v) is 5.73. The number of piperidine rings is 1. The van der Waals surface area contributed by atoms with E-state index in [-0.39, 0.29) is 22.3 Å². The van der Waals surface area contributed by atoms with Crippen LogP contribution in [0.4, 0.5) is 0 Å². The minimum absolute atomic E-state index is 0.148. The van der Waals surface area contributed by atoms with Gasteiger partial charge in [-0.05, 0) is 53.6 Å². The fourth-order valence-electron chi connectivity index (χ4n) is 2.87. The van der Waals surface area contributed by atoms with Crippen molar-refractivity contribution in [1.29, 1.82) is 0 Å². The van der Waals surface area contributed by atoms with Crippen LogP contribution in [0.5, 0.6) is 0 Å². The van der Waals surface area contributed by atoms with Crippen molar-refractivity contribution in [3.63, 3.8) is 0 Å². The molecule has 0 saturated carbocycles. The number of nitrogens with one attached hydrogen (secondary N) is 2. The van der Waals surface area contributed by atoms with Gasteiger partial charge >= 0.3 is 0 Å². The van der Waals surface area contributed by atoms with Gasteiger partial charge in [-0.15, -0.1) is 0 Å². The molecule has 2 aliphatic heterocycles. The third kappa shape index (κ3) is 2.79. The molecule has 2 saturated heterocycles. The average Bonchev–Trinajstić information content (AvgIpc) is 2.58. The fraction of sp³-hybridized carbons (Fsp3) is 1.00. The van der Waals surface area contributed by atoms with Gasteiger partial charge in [0, 0.05) is 5.41 Å². The quantitative estimate of drug-likeness (QED) is 0.795. The predicted octanol–water partition coefficient (Wildman–Crippen LogP) is 1.20. The first-order valence-corrected chi connectivity index (χ1v) is 8.00. The molecule has 3 atom stereocenters. The zero-order chi connectivity index (χ0) is 13.4. The van der Waals surface area contributed by atoms with Gasteiger partial charge in [0.05, 0.1) is 34.5 Å². The normalized spacial score (nSPS) is 33.8. The molecule has 2 fully saturated rings. The number of hydrogen-bond acceptors (Lipinski definition) is 3. The highest BCUT2D eigenvalue weighted by Gasteiger charge is 2.49. The van der Waals surface area contributed by atoms with Gasteiger partial charge in [-0.3, -0.25) is 0 Å². The molecule has 18 heavy (non-hydrogen) atoms. The van der Waals surface area contributed by atoms with E-state index < -0.39 is 11.0 Å². The largest absolute Gasteiger partial charge is 0.376 e. The summed E-state index contributed by atoms with van der Waals surface area (Å²) in [5, 5.41) is 3.40. The summed E-state index contributed by atoms with van der Waals surface area (Å²) in [4.78, 5) is 0. The molecule has 0 aliphatic carbocycles. The molecule has 106 valence electrons. The van der Waals surface area contributed by atoms with E-state index >= 15 is 0 Å². The minimum Gasteiger partial charge on any atom is -0.376 e. The summed E-state index contributed by atoms with van der Waals surface area (Å²) in [7, 11) is -1.03. The summed E-state index contributed by atoms with van der Waals surface area (Å²) < 4.78 is 21.3. The lowest BCUT2D eigenvalue weighted by molar-refractivity contribution is 0.0951. The molecule has 0 aromatic carbocycles. The second-order valence-corrected chi connectivity index (χ2v) is 8.60. The van der Waals surface area contributed by atoms with Gasteiger partial charge in [-0.2, -0.15) is 0 Å². The average molecular weight is 274 g/mol. The van der Waals surface area contributed by atoms with Crippen LogP contribution in [0, 0.1) is 5.41 Å². The van der Waals surface area contributed by atoms with E-state index in [1.165, 1.54) is 0 Å². The summed E-state index contributed by atoms with van der Waals surface area (Å²) >= 11 is 0. The van der Waals surface area contributed by atoms with Crippen LogP contribution in [0.3, 0.4) is 0 Å². The lowest BCUT2D eigenvalue weighted by Gasteiger charge is -2.39. The second-order valence-electron chi connectivity index (χ2n) is 6.61. The van der Waals surface area contributed by atoms with Gasteiger partial charge in [0.2, 0.25) is 0 Å². The Morgan fingerprint density at radius 1 is 1.33 bits per heavy atom. The van der Waals surface area contributed by atoms with E-state index in [0.717, 1.165) is 32.5 Å². The molecule has 0 amide bonds. The lowest BCUT2D eigenvalue weighted by atomic mass is 9.74. The first kappa shape index (κ1) is 14.4. The smallest absolute Gasteiger partial charge is 0.0973 e. The van der Waals surface area contributed by atoms with Gasteiger partial charge in [0.25, 0.3) is 0 Å². The topological polar surface area (TPSA) is 50.4 Å². The monoisotopic (exact) mass is 274 g/mol. The Labute approximate surface area is 113 Å². The van der Waals surface area contributed by atoms with E-state index in [2.05, 4.69) is 17.0 Å². The molecule has 5 heteroatoms. The zero-order valence-corrected chi connectivity index (χ0v) is 12.7. The molecule has 1 unspecified atom stereocenters. The fourth-order valence-corrected chi connectivity index (χ4v) is 3.90. The van der Waals surface area contributed by atoms with Crippen LogP contribution in [0.25, 0.3) is 0 Å². The molecule has 0 bridgehead atoms. The molecule has 0 aromatic rings. The first-order chi connectivity index (χ1) is 8.35. The first-order valence-electron chi connectivity index (χ1n) is 6.86. The summed E-state index contributed by atoms with van der Waals surface area (Å²) in [6, 6.07) is 0.208. The molecule has 2 aliphatic rings. The Balaban J connectivity index is 2.10. The van der Waals surface area contributed by atoms with Crippen molar-refractivity contribution in [2.24, 2.45) is 5.41 Å². The molecule has 1 spiro atoms. The van der Waals surface area contributed by atoms with Crippen LogP contribution >= 0.6 is 0 Å². The maximum atomic E-state index is 12.3. The molecular weight excluding hydrogens is 248 g/mol. The van der Waals surface area contributed by atoms with Crippen molar-refractivity contribution in [1.82, 2.24) is 10.0 Å². The number of ether oxygens (including phenoxy) is 1. The molecule has 2 N–H and O–H groups in total. The maximum Gasteiger partial charge on any atom is 0.0973 e. The standard InChI is InChI=1S/C13H26N2O2S/c1-10-11(15-18(16)12(2,3)4)13(9-17-10)5-7-14-8-6-13/h10-11,14-15H,5-9H2,1-4H3/t10-,11?,18-/m0/s1. The molecule has 2 rings (SSSR count). The van der Waals surface area contributed by atoms with Gasteiger partial charge < -0.3 is 10.1 Å². The Hall–Kier alpha value is 0.0300. The van der Waals surface area contributed by atoms with Crippen LogP contribution in [0.1, 0.15) is 40.5 Å². The summed E-state index contributed by atoms with van der Waals surface area (Å²) in [5.74, 6) is 0. The minimum atomic E-state index is -1.03. The van der Waals surface area contributed by atoms with Crippen LogP contribution in [-0.4, -0.2) is 40.8 Å². The lowest BCUT2D eigenvalue weighted by Crippen LogP contribution is -2.54. The van der Waals surface area contributed by atoms with Crippen molar-refractivity contribution >= 4 is 11.0 Å². The van der Waals surface area contributed by atoms with Crippen molar-refractivity contribution in [2.45, 2.75) is 57.4 Å². The Morgan fingerprint density at radius 2 is 1.94 bits per heavy atom. The van der Waals surface area contributed by atoms with Crippen molar-refractivity contribution in [2.75, 3.05) is 19.7 Å². The van der Waals surface area contributed by atoms with Crippen molar-refractivity contribution in [3.05, 3.63) is 0 Å². The van der Waals surface area contributed by atoms with E-state index in [1.807, 2.05) is 20.8 Å². The summed E-state index contributed by atoms with van der Waals surface area (Å²) in [5.41, 5.74) is 0.172. The molecule has 0 aromatic heterocycles. The summed E-state index contributed by atoms with van der Waals surface area (Å²) in [6.45, 7) is 11.0. The molecule has 0 radical (unpaired) electrons. The van der Waals surface area contributed by atoms with Gasteiger partial charge in [0.15, 0.2) is 0 Å². The van der Waals surface area contributed by atoms with Crippen LogP contribution in [0.15, 0.2) is 0 Å². The van der Waals surface area contributed by atoms with Crippen molar-refractivity contribution in [3.8, 4) is 0 Å². The van der Waals surface area contributed by atoms with Gasteiger partial charge in [-0.1, -0.05) is 0 Å². The molecule has 2 heterocycles. The predicted molar refractivity (Wildman–Crippen MR) is 74.8 cm³/mol. The Kier molecular flexibility index (Phi) is 4.17. The highest BCUT2D eigenvalue weighted by Crippen LogP contribution is 2.41. The molecule has 4 nitrogen and oxygen atoms in total. The van der Waals surface area contributed by atoms with Crippen molar-refractivity contribution < 1.29 is 8.95 Å². The van der Waals surface area contributed by atoms with E-state index in [9.17, 15) is 4.21 Å². The van der Waals surface area contributed by atoms with E-state index in [1.54, 1.807) is 0 Å². The summed E-state index contributed by atoms with van der Waals surface area (Å²) in [6.07, 6.45) is 2.36. The SMILES string of the molecule is C[C@@H]1OCC2(CCNCC2)C1N[S@@](=O)C(C)(C)C. The van der Waals surface area contributed by atoms with Crippen LogP contribution in [-0.2, 0) is 15.7 Å². The zero-order valence-electron chi connectivity index (χ0n) is 11.9. The molecular formula is C13H26N2O2S. The highest BCUT2D eigenvalue weighted by molar-refractivity contribution is 7.84. The second kappa shape index (κ2) is 5.19.